The Morgan fingerprint density at radius 3 is 2.75 bits per heavy atom. The van der Waals surface area contributed by atoms with Crippen LogP contribution >= 0.6 is 0 Å². The molecule has 0 aromatic carbocycles. The largest absolute Gasteiger partial charge is 0.479 e. The normalized spacial score (nSPS) is 27.0. The Kier molecular flexibility index (Phi) is 5.45. The van der Waals surface area contributed by atoms with Crippen LogP contribution in [-0.2, 0) is 19.1 Å². The summed E-state index contributed by atoms with van der Waals surface area (Å²) in [4.78, 5) is 43.2. The summed E-state index contributed by atoms with van der Waals surface area (Å²) in [7, 11) is 1.35. The average Bonchev–Trinajstić information content (AvgIpc) is 3.47. The number of ether oxygens (including phenoxy) is 3. The molecule has 1 amide bonds. The number of methoxy groups -OCH3 is 1. The first-order valence-corrected chi connectivity index (χ1v) is 11.1. The molecule has 0 N–H and O–H groups in total. The highest BCUT2D eigenvalue weighted by molar-refractivity contribution is 6.04. The topological polar surface area (TPSA) is 95.0 Å². The molecule has 3 fully saturated rings. The van der Waals surface area contributed by atoms with Gasteiger partial charge in [-0.2, -0.15) is 0 Å². The molecule has 3 aliphatic carbocycles. The second-order valence-electron chi connectivity index (χ2n) is 8.72. The molecule has 2 heterocycles. The summed E-state index contributed by atoms with van der Waals surface area (Å²) < 4.78 is 16.3. The van der Waals surface area contributed by atoms with Gasteiger partial charge >= 0.3 is 5.97 Å². The third-order valence-corrected chi connectivity index (χ3v) is 6.45. The molecule has 3 atom stereocenters. The first-order chi connectivity index (χ1) is 15.5. The van der Waals surface area contributed by atoms with E-state index in [0.29, 0.717) is 43.0 Å². The maximum absolute atomic E-state index is 13.0. The summed E-state index contributed by atoms with van der Waals surface area (Å²) in [5, 5.41) is 0. The number of Topliss-reactive ketones (excluding diaryl/α,β-unsaturated/α-hetero) is 1. The number of allylic oxidation sites excluding steroid dienone is 2. The summed E-state index contributed by atoms with van der Waals surface area (Å²) in [6.45, 7) is 0.567. The highest BCUT2D eigenvalue weighted by Crippen LogP contribution is 2.40. The van der Waals surface area contributed by atoms with E-state index in [9.17, 15) is 14.4 Å². The van der Waals surface area contributed by atoms with Crippen LogP contribution in [0.5, 0.6) is 11.6 Å². The van der Waals surface area contributed by atoms with Crippen LogP contribution in [-0.4, -0.2) is 59.4 Å². The molecular weight excluding hydrogens is 412 g/mol. The number of amides is 1. The van der Waals surface area contributed by atoms with Crippen LogP contribution in [0.25, 0.3) is 0 Å². The molecule has 1 aliphatic heterocycles. The van der Waals surface area contributed by atoms with E-state index in [1.54, 1.807) is 23.2 Å². The van der Waals surface area contributed by atoms with Crippen molar-refractivity contribution in [2.75, 3.05) is 13.7 Å². The summed E-state index contributed by atoms with van der Waals surface area (Å²) in [5.74, 6) is 0.597. The van der Waals surface area contributed by atoms with Crippen molar-refractivity contribution < 1.29 is 28.6 Å². The average molecular weight is 438 g/mol. The zero-order valence-electron chi connectivity index (χ0n) is 18.0. The Labute approximate surface area is 186 Å². The van der Waals surface area contributed by atoms with E-state index < -0.39 is 6.10 Å². The molecular formula is C24H26N2O6. The highest BCUT2D eigenvalue weighted by atomic mass is 16.5. The van der Waals surface area contributed by atoms with Crippen molar-refractivity contribution >= 4 is 17.7 Å². The number of rotatable bonds is 7. The van der Waals surface area contributed by atoms with E-state index in [0.717, 1.165) is 18.4 Å². The van der Waals surface area contributed by atoms with Gasteiger partial charge in [0, 0.05) is 36.9 Å². The van der Waals surface area contributed by atoms with Gasteiger partial charge in [-0.15, -0.1) is 0 Å². The van der Waals surface area contributed by atoms with Crippen molar-refractivity contribution in [3.8, 4) is 11.6 Å². The van der Waals surface area contributed by atoms with E-state index in [-0.39, 0.29) is 42.1 Å². The number of pyridine rings is 1. The molecule has 1 aromatic rings. The molecule has 2 unspecified atom stereocenters. The van der Waals surface area contributed by atoms with Crippen LogP contribution in [0.4, 0.5) is 0 Å². The summed E-state index contributed by atoms with van der Waals surface area (Å²) in [6.07, 6.45) is 9.04. The second kappa shape index (κ2) is 8.41. The lowest BCUT2D eigenvalue weighted by atomic mass is 9.90. The van der Waals surface area contributed by atoms with Crippen molar-refractivity contribution in [2.24, 2.45) is 5.92 Å². The van der Waals surface area contributed by atoms with Gasteiger partial charge in [0.25, 0.3) is 5.91 Å². The van der Waals surface area contributed by atoms with Crippen LogP contribution in [0, 0.1) is 5.92 Å². The lowest BCUT2D eigenvalue weighted by Gasteiger charge is -2.28. The lowest BCUT2D eigenvalue weighted by molar-refractivity contribution is -0.141. The molecule has 32 heavy (non-hydrogen) atoms. The van der Waals surface area contributed by atoms with Crippen molar-refractivity contribution in [1.82, 2.24) is 9.88 Å². The predicted octanol–water partition coefficient (Wildman–Crippen LogP) is 2.38. The van der Waals surface area contributed by atoms with E-state index in [4.69, 9.17) is 14.2 Å². The fourth-order valence-electron chi connectivity index (χ4n) is 4.62. The quantitative estimate of drug-likeness (QED) is 0.603. The Morgan fingerprint density at radius 2 is 2.03 bits per heavy atom. The van der Waals surface area contributed by atoms with Crippen molar-refractivity contribution in [1.29, 1.82) is 0 Å². The third-order valence-electron chi connectivity index (χ3n) is 6.45. The van der Waals surface area contributed by atoms with Crippen LogP contribution in [0.3, 0.4) is 0 Å². The fraction of sp³-hybridized carbons (Fsp3) is 0.500. The van der Waals surface area contributed by atoms with Gasteiger partial charge in [-0.3, -0.25) is 14.4 Å². The zero-order chi connectivity index (χ0) is 22.2. The van der Waals surface area contributed by atoms with Gasteiger partial charge in [0.15, 0.2) is 11.9 Å². The molecule has 2 saturated carbocycles. The predicted molar refractivity (Wildman–Crippen MR) is 113 cm³/mol. The minimum Gasteiger partial charge on any atom is -0.479 e. The summed E-state index contributed by atoms with van der Waals surface area (Å²) in [6, 6.07) is 3.36. The van der Waals surface area contributed by atoms with Crippen molar-refractivity contribution in [2.45, 2.75) is 56.8 Å². The molecule has 0 spiro atoms. The van der Waals surface area contributed by atoms with Gasteiger partial charge in [0.1, 0.15) is 11.9 Å². The fourth-order valence-corrected chi connectivity index (χ4v) is 4.62. The molecule has 8 heteroatoms. The molecule has 8 nitrogen and oxygen atoms in total. The van der Waals surface area contributed by atoms with Crippen LogP contribution < -0.4 is 9.47 Å². The van der Waals surface area contributed by atoms with Crippen LogP contribution in [0.15, 0.2) is 41.6 Å². The van der Waals surface area contributed by atoms with Crippen LogP contribution in [0.2, 0.25) is 0 Å². The van der Waals surface area contributed by atoms with E-state index >= 15 is 0 Å². The smallest absolute Gasteiger partial charge is 0.306 e. The standard InChI is InChI=1S/C24H26N2O6/c1-30-23(28)11-14-10-20(27)19-12-15(2-6-18(14)19)26-9-8-21(24(26)29)31-17-5-7-22(25-13-17)32-16-3-4-16/h5-7,12-16,21H,2-4,8-11H2,1H3/t14?,15?,21-/m1/s1. The second-order valence-corrected chi connectivity index (χ2v) is 8.72. The third kappa shape index (κ3) is 4.13. The SMILES string of the molecule is COC(=O)CC1CC(=O)C2=CC(N3CC[C@@H](Oc4ccc(OC5CC5)nc4)C3=O)CC=C21. The highest BCUT2D eigenvalue weighted by Gasteiger charge is 2.41. The first kappa shape index (κ1) is 20.7. The zero-order valence-corrected chi connectivity index (χ0v) is 18.0. The number of hydrogen-bond donors (Lipinski definition) is 0. The number of carbonyl (C=O) groups is 3. The van der Waals surface area contributed by atoms with Gasteiger partial charge in [0.05, 0.1) is 25.8 Å². The molecule has 168 valence electrons. The van der Waals surface area contributed by atoms with Gasteiger partial charge < -0.3 is 19.1 Å². The minimum atomic E-state index is -0.567. The maximum Gasteiger partial charge on any atom is 0.306 e. The number of nitrogens with zero attached hydrogens (tertiary/aromatic N) is 2. The van der Waals surface area contributed by atoms with Gasteiger partial charge in [-0.25, -0.2) is 4.98 Å². The van der Waals surface area contributed by atoms with Gasteiger partial charge in [-0.05, 0) is 30.9 Å². The van der Waals surface area contributed by atoms with Gasteiger partial charge in [0.2, 0.25) is 5.88 Å². The van der Waals surface area contributed by atoms with Gasteiger partial charge in [-0.1, -0.05) is 12.2 Å². The maximum atomic E-state index is 13.0. The van der Waals surface area contributed by atoms with Crippen molar-refractivity contribution in [3.05, 3.63) is 41.6 Å². The molecule has 1 saturated heterocycles. The summed E-state index contributed by atoms with van der Waals surface area (Å²) >= 11 is 0. The molecule has 4 aliphatic rings. The Hall–Kier alpha value is -3.16. The number of fused-ring (bicyclic) bond motifs is 1. The Morgan fingerprint density at radius 1 is 1.19 bits per heavy atom. The van der Waals surface area contributed by atoms with Crippen LogP contribution in [0.1, 0.15) is 38.5 Å². The number of aromatic nitrogens is 1. The van der Waals surface area contributed by atoms with E-state index in [1.807, 2.05) is 12.2 Å². The van der Waals surface area contributed by atoms with E-state index in [2.05, 4.69) is 4.98 Å². The first-order valence-electron chi connectivity index (χ1n) is 11.1. The Balaban J connectivity index is 1.21. The number of esters is 1. The number of carbonyl (C=O) groups excluding carboxylic acids is 3. The molecule has 1 aromatic heterocycles. The summed E-state index contributed by atoms with van der Waals surface area (Å²) in [5.41, 5.74) is 1.55. The molecule has 0 bridgehead atoms. The van der Waals surface area contributed by atoms with Crippen molar-refractivity contribution in [3.63, 3.8) is 0 Å². The lowest BCUT2D eigenvalue weighted by Crippen LogP contribution is -2.39. The monoisotopic (exact) mass is 438 g/mol. The molecule has 0 radical (unpaired) electrons. The Bertz CT molecular complexity index is 994. The number of hydrogen-bond acceptors (Lipinski definition) is 7. The number of ketones is 1. The minimum absolute atomic E-state index is 0.0221. The van der Waals surface area contributed by atoms with E-state index in [1.165, 1.54) is 7.11 Å². The number of likely N-dealkylation sites (tertiary alicyclic amines) is 1. The molecule has 5 rings (SSSR count).